The van der Waals surface area contributed by atoms with Crippen LogP contribution in [0.15, 0.2) is 0 Å². The van der Waals surface area contributed by atoms with Crippen molar-refractivity contribution in [1.29, 1.82) is 0 Å². The van der Waals surface area contributed by atoms with Gasteiger partial charge in [-0.3, -0.25) is 0 Å². The van der Waals surface area contributed by atoms with E-state index >= 15 is 0 Å². The molecule has 20 heavy (non-hydrogen) atoms. The van der Waals surface area contributed by atoms with Gasteiger partial charge in [-0.1, -0.05) is 0 Å². The van der Waals surface area contributed by atoms with Crippen LogP contribution in [0.4, 0.5) is 0 Å². The van der Waals surface area contributed by atoms with Gasteiger partial charge in [0.05, 0.1) is 0 Å². The molecular formula is C16H34O3Sn. The Morgan fingerprint density at radius 3 is 1.40 bits per heavy atom. The van der Waals surface area contributed by atoms with Gasteiger partial charge in [0.15, 0.2) is 0 Å². The van der Waals surface area contributed by atoms with Crippen LogP contribution in [0.5, 0.6) is 0 Å². The monoisotopic (exact) mass is 394 g/mol. The number of ether oxygens (including phenoxy) is 3. The van der Waals surface area contributed by atoms with E-state index in [9.17, 15) is 0 Å². The Kier molecular flexibility index (Phi) is 15.1. The van der Waals surface area contributed by atoms with Gasteiger partial charge in [-0.15, -0.1) is 0 Å². The van der Waals surface area contributed by atoms with Crippen molar-refractivity contribution in [3.05, 3.63) is 0 Å². The molecule has 0 bridgehead atoms. The SMILES string of the molecule is CCCCOC(CC[CH2][SnH])(OCCCC)OCCCC. The second kappa shape index (κ2) is 14.6. The van der Waals surface area contributed by atoms with Crippen LogP contribution in [0.2, 0.25) is 4.44 Å². The molecule has 0 aromatic heterocycles. The minimum atomic E-state index is -0.775. The topological polar surface area (TPSA) is 27.7 Å². The van der Waals surface area contributed by atoms with Crippen LogP contribution in [-0.2, 0) is 14.2 Å². The molecule has 0 atom stereocenters. The van der Waals surface area contributed by atoms with Crippen LogP contribution < -0.4 is 0 Å². The number of unbranched alkanes of at least 4 members (excludes halogenated alkanes) is 3. The van der Waals surface area contributed by atoms with Gasteiger partial charge in [-0.25, -0.2) is 0 Å². The summed E-state index contributed by atoms with van der Waals surface area (Å²) < 4.78 is 19.4. The van der Waals surface area contributed by atoms with E-state index in [1.807, 2.05) is 0 Å². The Balaban J connectivity index is 4.48. The van der Waals surface area contributed by atoms with Gasteiger partial charge >= 0.3 is 139 Å². The van der Waals surface area contributed by atoms with E-state index in [1.54, 1.807) is 0 Å². The molecule has 4 heteroatoms. The van der Waals surface area contributed by atoms with Crippen molar-refractivity contribution in [2.24, 2.45) is 0 Å². The fourth-order valence-corrected chi connectivity index (χ4v) is 2.36. The maximum atomic E-state index is 6.04. The zero-order valence-electron chi connectivity index (χ0n) is 13.8. The van der Waals surface area contributed by atoms with Gasteiger partial charge in [0, 0.05) is 0 Å². The summed E-state index contributed by atoms with van der Waals surface area (Å²) in [7, 11) is 0. The van der Waals surface area contributed by atoms with Crippen molar-refractivity contribution in [3.63, 3.8) is 0 Å². The second-order valence-corrected chi connectivity index (χ2v) is 6.83. The Bertz CT molecular complexity index is 174. The first kappa shape index (κ1) is 20.7. The van der Waals surface area contributed by atoms with E-state index in [0.717, 1.165) is 71.2 Å². The van der Waals surface area contributed by atoms with Crippen molar-refractivity contribution in [3.8, 4) is 0 Å². The fraction of sp³-hybridized carbons (Fsp3) is 1.00. The Labute approximate surface area is 139 Å². The van der Waals surface area contributed by atoms with Gasteiger partial charge < -0.3 is 0 Å². The number of hydrogen-bond acceptors (Lipinski definition) is 3. The van der Waals surface area contributed by atoms with E-state index in [2.05, 4.69) is 20.8 Å². The van der Waals surface area contributed by atoms with Crippen molar-refractivity contribution in [1.82, 2.24) is 0 Å². The third-order valence-corrected chi connectivity index (χ3v) is 4.31. The first-order chi connectivity index (χ1) is 9.74. The molecule has 0 aromatic carbocycles. The van der Waals surface area contributed by atoms with E-state index < -0.39 is 5.97 Å². The van der Waals surface area contributed by atoms with Crippen LogP contribution in [-0.4, -0.2) is 48.3 Å². The third-order valence-electron chi connectivity index (χ3n) is 3.15. The summed E-state index contributed by atoms with van der Waals surface area (Å²) in [6.07, 6.45) is 8.61. The van der Waals surface area contributed by atoms with E-state index in [4.69, 9.17) is 14.2 Å². The third kappa shape index (κ3) is 10.4. The minimum absolute atomic E-state index is 0.731. The van der Waals surface area contributed by atoms with E-state index in [0.29, 0.717) is 0 Å². The number of rotatable bonds is 15. The molecule has 0 aliphatic rings. The van der Waals surface area contributed by atoms with Crippen LogP contribution >= 0.6 is 0 Å². The van der Waals surface area contributed by atoms with Crippen LogP contribution in [0.1, 0.15) is 72.1 Å². The average Bonchev–Trinajstić information content (AvgIpc) is 2.46. The molecule has 0 rings (SSSR count). The van der Waals surface area contributed by atoms with Crippen molar-refractivity contribution in [2.45, 2.75) is 82.5 Å². The Morgan fingerprint density at radius 1 is 0.700 bits per heavy atom. The molecule has 3 nitrogen and oxygen atoms in total. The fourth-order valence-electron chi connectivity index (χ4n) is 1.78. The molecule has 0 saturated heterocycles. The molecule has 0 aliphatic heterocycles. The first-order valence-corrected chi connectivity index (χ1v) is 10.7. The van der Waals surface area contributed by atoms with Crippen LogP contribution in [0, 0.1) is 0 Å². The molecular weight excluding hydrogens is 359 g/mol. The zero-order valence-corrected chi connectivity index (χ0v) is 17.1. The first-order valence-electron chi connectivity index (χ1n) is 8.36. The Hall–Kier alpha value is 0.679. The maximum absolute atomic E-state index is 6.04. The molecule has 2 radical (unpaired) electrons. The predicted molar refractivity (Wildman–Crippen MR) is 86.5 cm³/mol. The molecule has 0 amide bonds. The molecule has 0 unspecified atom stereocenters. The summed E-state index contributed by atoms with van der Waals surface area (Å²) in [6.45, 7) is 8.73. The van der Waals surface area contributed by atoms with Crippen molar-refractivity contribution >= 4 is 22.5 Å². The summed E-state index contributed by atoms with van der Waals surface area (Å²) in [6, 6.07) is 0. The molecule has 0 fully saturated rings. The van der Waals surface area contributed by atoms with Crippen molar-refractivity contribution < 1.29 is 14.2 Å². The summed E-state index contributed by atoms with van der Waals surface area (Å²) in [5, 5.41) is 0. The summed E-state index contributed by atoms with van der Waals surface area (Å²) in [4.78, 5) is 0. The van der Waals surface area contributed by atoms with Crippen LogP contribution in [0.3, 0.4) is 0 Å². The molecule has 0 saturated carbocycles. The molecule has 0 N–H and O–H groups in total. The van der Waals surface area contributed by atoms with Gasteiger partial charge in [0.2, 0.25) is 0 Å². The van der Waals surface area contributed by atoms with Crippen LogP contribution in [0.25, 0.3) is 0 Å². The Morgan fingerprint density at radius 2 is 1.10 bits per heavy atom. The zero-order chi connectivity index (χ0) is 15.1. The number of hydrogen-bond donors (Lipinski definition) is 0. The molecule has 0 aliphatic carbocycles. The predicted octanol–water partition coefficient (Wildman–Crippen LogP) is 4.19. The van der Waals surface area contributed by atoms with Crippen molar-refractivity contribution in [2.75, 3.05) is 19.8 Å². The van der Waals surface area contributed by atoms with Gasteiger partial charge in [-0.05, 0) is 0 Å². The van der Waals surface area contributed by atoms with Gasteiger partial charge in [0.25, 0.3) is 0 Å². The summed E-state index contributed by atoms with van der Waals surface area (Å²) in [5.41, 5.74) is 0. The molecule has 120 valence electrons. The molecule has 0 aromatic rings. The van der Waals surface area contributed by atoms with Gasteiger partial charge in [0.1, 0.15) is 0 Å². The molecule has 0 spiro atoms. The summed E-state index contributed by atoms with van der Waals surface area (Å²) >= 11 is 1.29. The molecule has 0 heterocycles. The summed E-state index contributed by atoms with van der Waals surface area (Å²) in [5.74, 6) is -0.775. The second-order valence-electron chi connectivity index (χ2n) is 5.18. The normalized spacial score (nSPS) is 12.0. The van der Waals surface area contributed by atoms with Gasteiger partial charge in [-0.2, -0.15) is 0 Å². The van der Waals surface area contributed by atoms with E-state index in [1.165, 1.54) is 27.0 Å². The quantitative estimate of drug-likeness (QED) is 0.237. The standard InChI is InChI=1S/C16H33O3.Sn.H/c1-5-9-13-17-16(12-8-4,18-14-10-6-2)19-15-11-7-3;;/h4-15H2,1-3H3;;. The average molecular weight is 393 g/mol. The van der Waals surface area contributed by atoms with E-state index in [-0.39, 0.29) is 0 Å².